The number of benzene rings is 1. The molecule has 34 heavy (non-hydrogen) atoms. The van der Waals surface area contributed by atoms with Crippen molar-refractivity contribution in [2.45, 2.75) is 57.7 Å². The van der Waals surface area contributed by atoms with E-state index in [1.807, 2.05) is 36.1 Å². The molecule has 1 amide bonds. The van der Waals surface area contributed by atoms with Crippen LogP contribution in [0.3, 0.4) is 0 Å². The molecule has 1 saturated carbocycles. The zero-order chi connectivity index (χ0) is 23.9. The predicted molar refractivity (Wildman–Crippen MR) is 125 cm³/mol. The number of ether oxygens (including phenoxy) is 1. The highest BCUT2D eigenvalue weighted by Crippen LogP contribution is 2.39. The van der Waals surface area contributed by atoms with Crippen molar-refractivity contribution in [3.05, 3.63) is 47.7 Å². The maximum absolute atomic E-state index is 14.0. The molecule has 2 aromatic rings. The lowest BCUT2D eigenvalue weighted by atomic mass is 9.94. The molecule has 3 aliphatic rings. The van der Waals surface area contributed by atoms with Crippen LogP contribution >= 0.6 is 0 Å². The molecule has 1 aromatic heterocycles. The number of hydrogen-bond donors (Lipinski definition) is 1. The number of piperidine rings is 1. The summed E-state index contributed by atoms with van der Waals surface area (Å²) in [5.74, 6) is -1.72. The predicted octanol–water partition coefficient (Wildman–Crippen LogP) is 4.86. The zero-order valence-corrected chi connectivity index (χ0v) is 19.6. The Kier molecular flexibility index (Phi) is 6.14. The van der Waals surface area contributed by atoms with Crippen LogP contribution in [0.25, 0.3) is 0 Å². The van der Waals surface area contributed by atoms with E-state index in [9.17, 15) is 13.6 Å². The van der Waals surface area contributed by atoms with E-state index >= 15 is 0 Å². The molecule has 3 atom stereocenters. The van der Waals surface area contributed by atoms with Gasteiger partial charge in [0.25, 0.3) is 5.92 Å². The van der Waals surface area contributed by atoms with E-state index < -0.39 is 11.8 Å². The number of cyclic esters (lactones) is 1. The number of halogens is 2. The number of nitrogens with one attached hydrogen (secondary N) is 1. The molecule has 1 aliphatic carbocycles. The van der Waals surface area contributed by atoms with Crippen LogP contribution in [0.4, 0.5) is 25.3 Å². The fourth-order valence-electron chi connectivity index (χ4n) is 4.78. The lowest BCUT2D eigenvalue weighted by Gasteiger charge is -2.36. The van der Waals surface area contributed by atoms with E-state index in [4.69, 9.17) is 4.74 Å². The number of hydrogen-bond acceptors (Lipinski definition) is 6. The minimum atomic E-state index is -2.63. The lowest BCUT2D eigenvalue weighted by molar-refractivity contribution is -0.106. The first-order chi connectivity index (χ1) is 16.3. The number of anilines is 2. The summed E-state index contributed by atoms with van der Waals surface area (Å²) in [7, 11) is 0. The van der Waals surface area contributed by atoms with Crippen LogP contribution in [-0.2, 0) is 11.3 Å². The zero-order valence-electron chi connectivity index (χ0n) is 19.6. The maximum atomic E-state index is 14.0. The Hall–Kier alpha value is -2.81. The molecule has 3 fully saturated rings. The summed E-state index contributed by atoms with van der Waals surface area (Å²) in [5, 5.41) is 3.30. The van der Waals surface area contributed by atoms with Crippen LogP contribution < -0.4 is 10.2 Å². The summed E-state index contributed by atoms with van der Waals surface area (Å²) in [5.41, 5.74) is 2.05. The Balaban J connectivity index is 1.21. The molecule has 1 unspecified atom stereocenters. The van der Waals surface area contributed by atoms with Crippen molar-refractivity contribution in [1.29, 1.82) is 0 Å². The second-order valence-electron chi connectivity index (χ2n) is 9.86. The van der Waals surface area contributed by atoms with Gasteiger partial charge in [0.2, 0.25) is 5.95 Å². The Labute approximate surface area is 198 Å². The lowest BCUT2D eigenvalue weighted by Crippen LogP contribution is -2.47. The number of aromatic nitrogens is 2. The average Bonchev–Trinajstić information content (AvgIpc) is 3.58. The molecule has 0 radical (unpaired) electrons. The van der Waals surface area contributed by atoms with Gasteiger partial charge in [0.15, 0.2) is 0 Å². The maximum Gasteiger partial charge on any atom is 0.415 e. The highest BCUT2D eigenvalue weighted by Gasteiger charge is 2.44. The van der Waals surface area contributed by atoms with Gasteiger partial charge in [-0.1, -0.05) is 31.2 Å². The van der Waals surface area contributed by atoms with E-state index in [1.165, 1.54) is 0 Å². The standard InChI is InChI=1S/C25H31F2N5O2/c1-16-10-12-31(15-25(16,26)27)13-18-3-5-19(6-4-18)17(2)29-23-28-11-9-22(30-23)32-21(20-7-8-20)14-34-24(32)33/h3-6,9,11,16-17,20-21H,7-8,10,12-15H2,1-2H3,(H,28,29,30)/t16?,17-,21+/m0/s1. The topological polar surface area (TPSA) is 70.6 Å². The molecule has 7 nitrogen and oxygen atoms in total. The molecular weight excluding hydrogens is 440 g/mol. The summed E-state index contributed by atoms with van der Waals surface area (Å²) in [6.07, 6.45) is 4.03. The fourth-order valence-corrected chi connectivity index (χ4v) is 4.78. The van der Waals surface area contributed by atoms with E-state index in [1.54, 1.807) is 24.1 Å². The van der Waals surface area contributed by atoms with Crippen molar-refractivity contribution in [3.63, 3.8) is 0 Å². The highest BCUT2D eigenvalue weighted by atomic mass is 19.3. The van der Waals surface area contributed by atoms with Gasteiger partial charge in [0, 0.05) is 18.7 Å². The first-order valence-corrected chi connectivity index (χ1v) is 12.0. The normalized spacial score (nSPS) is 25.8. The van der Waals surface area contributed by atoms with E-state index in [2.05, 4.69) is 15.3 Å². The number of carbonyl (C=O) groups excluding carboxylic acids is 1. The molecule has 182 valence electrons. The molecule has 0 spiro atoms. The molecule has 0 bridgehead atoms. The smallest absolute Gasteiger partial charge is 0.415 e. The summed E-state index contributed by atoms with van der Waals surface area (Å²) >= 11 is 0. The van der Waals surface area contributed by atoms with Crippen molar-refractivity contribution in [2.24, 2.45) is 11.8 Å². The van der Waals surface area contributed by atoms with E-state index in [-0.39, 0.29) is 24.7 Å². The Morgan fingerprint density at radius 3 is 2.68 bits per heavy atom. The van der Waals surface area contributed by atoms with E-state index in [0.29, 0.717) is 43.8 Å². The molecule has 5 rings (SSSR count). The summed E-state index contributed by atoms with van der Waals surface area (Å²) in [6.45, 7) is 5.07. The second-order valence-corrected chi connectivity index (χ2v) is 9.86. The largest absolute Gasteiger partial charge is 0.447 e. The SMILES string of the molecule is CC1CCN(Cc2ccc([C@H](C)Nc3nccc(N4C(=O)OC[C@@H]4C4CC4)n3)cc2)CC1(F)F. The third-order valence-electron chi connectivity index (χ3n) is 7.23. The molecule has 3 heterocycles. The van der Waals surface area contributed by atoms with Gasteiger partial charge in [0.1, 0.15) is 12.4 Å². The Morgan fingerprint density at radius 1 is 1.21 bits per heavy atom. The molecule has 1 aromatic carbocycles. The van der Waals surface area contributed by atoms with Crippen LogP contribution in [-0.4, -0.2) is 52.6 Å². The van der Waals surface area contributed by atoms with Crippen LogP contribution in [0.1, 0.15) is 50.3 Å². The quantitative estimate of drug-likeness (QED) is 0.622. The highest BCUT2D eigenvalue weighted by molar-refractivity contribution is 5.89. The van der Waals surface area contributed by atoms with Crippen LogP contribution in [0.2, 0.25) is 0 Å². The van der Waals surface area contributed by atoms with Gasteiger partial charge in [-0.3, -0.25) is 9.80 Å². The minimum Gasteiger partial charge on any atom is -0.447 e. The summed E-state index contributed by atoms with van der Waals surface area (Å²) in [4.78, 5) is 24.6. The first kappa shape index (κ1) is 23.0. The number of rotatable bonds is 7. The van der Waals surface area contributed by atoms with Gasteiger partial charge in [0.05, 0.1) is 18.6 Å². The van der Waals surface area contributed by atoms with Crippen LogP contribution in [0.5, 0.6) is 0 Å². The van der Waals surface area contributed by atoms with Crippen LogP contribution in [0, 0.1) is 11.8 Å². The monoisotopic (exact) mass is 471 g/mol. The fraction of sp³-hybridized carbons (Fsp3) is 0.560. The Morgan fingerprint density at radius 2 is 1.97 bits per heavy atom. The number of carbonyl (C=O) groups is 1. The Bertz CT molecular complexity index is 1030. The summed E-state index contributed by atoms with van der Waals surface area (Å²) in [6, 6.07) is 9.68. The number of alkyl halides is 2. The van der Waals surface area contributed by atoms with Gasteiger partial charge in [-0.2, -0.15) is 4.98 Å². The van der Waals surface area contributed by atoms with Crippen LogP contribution in [0.15, 0.2) is 36.5 Å². The van der Waals surface area contributed by atoms with Gasteiger partial charge >= 0.3 is 6.09 Å². The van der Waals surface area contributed by atoms with E-state index in [0.717, 1.165) is 24.0 Å². The molecule has 9 heteroatoms. The van der Waals surface area contributed by atoms with Crippen molar-refractivity contribution < 1.29 is 18.3 Å². The third-order valence-corrected chi connectivity index (χ3v) is 7.23. The van der Waals surface area contributed by atoms with Crippen molar-refractivity contribution in [1.82, 2.24) is 14.9 Å². The molecular formula is C25H31F2N5O2. The number of nitrogens with zero attached hydrogens (tertiary/aromatic N) is 4. The van der Waals surface area contributed by atoms with Crippen molar-refractivity contribution >= 4 is 17.9 Å². The number of amides is 1. The third kappa shape index (κ3) is 4.85. The molecule has 2 aliphatic heterocycles. The van der Waals surface area contributed by atoms with Gasteiger partial charge < -0.3 is 10.1 Å². The van der Waals surface area contributed by atoms with Gasteiger partial charge in [-0.15, -0.1) is 0 Å². The second kappa shape index (κ2) is 9.09. The molecule has 2 saturated heterocycles. The minimum absolute atomic E-state index is 0.0447. The average molecular weight is 472 g/mol. The van der Waals surface area contributed by atoms with Gasteiger partial charge in [-0.05, 0) is 55.8 Å². The number of likely N-dealkylation sites (tertiary alicyclic amines) is 1. The molecule has 1 N–H and O–H groups in total. The first-order valence-electron chi connectivity index (χ1n) is 12.0. The van der Waals surface area contributed by atoms with Gasteiger partial charge in [-0.25, -0.2) is 18.6 Å². The summed E-state index contributed by atoms with van der Waals surface area (Å²) < 4.78 is 33.4. The van der Waals surface area contributed by atoms with Crippen molar-refractivity contribution in [2.75, 3.05) is 29.9 Å². The van der Waals surface area contributed by atoms with Crippen molar-refractivity contribution in [3.8, 4) is 0 Å².